The zero-order chi connectivity index (χ0) is 15.0. The summed E-state index contributed by atoms with van der Waals surface area (Å²) in [5, 5.41) is 8.39. The van der Waals surface area contributed by atoms with Crippen LogP contribution in [0.2, 0.25) is 0 Å². The topological polar surface area (TPSA) is 42.7 Å². The lowest BCUT2D eigenvalue weighted by atomic mass is 10.1. The number of aromatic nitrogens is 3. The molecule has 0 spiro atoms. The van der Waals surface area contributed by atoms with Crippen LogP contribution in [0.15, 0.2) is 36.7 Å². The van der Waals surface area contributed by atoms with Gasteiger partial charge in [0.2, 0.25) is 0 Å². The van der Waals surface area contributed by atoms with Gasteiger partial charge >= 0.3 is 0 Å². The fourth-order valence-corrected chi connectivity index (χ4v) is 2.43. The number of benzene rings is 1. The van der Waals surface area contributed by atoms with Crippen LogP contribution in [-0.2, 0) is 7.05 Å². The standard InChI is InChI=1S/C16H17FN4/c1-10-6-16(14-7-13(17)4-5-15(14)19-10)20-11(2)12-8-18-21(3)9-12/h4-9,11H,1-3H3,(H,19,20). The van der Waals surface area contributed by atoms with Crippen molar-refractivity contribution in [2.24, 2.45) is 7.05 Å². The van der Waals surface area contributed by atoms with Gasteiger partial charge in [-0.2, -0.15) is 5.10 Å². The molecule has 0 saturated carbocycles. The van der Waals surface area contributed by atoms with Gasteiger partial charge in [0, 0.05) is 35.6 Å². The van der Waals surface area contributed by atoms with Gasteiger partial charge in [0.15, 0.2) is 0 Å². The van der Waals surface area contributed by atoms with Crippen molar-refractivity contribution in [3.63, 3.8) is 0 Å². The number of hydrogen-bond acceptors (Lipinski definition) is 3. The SMILES string of the molecule is Cc1cc(NC(C)c2cnn(C)c2)c2cc(F)ccc2n1. The molecular formula is C16H17FN4. The summed E-state index contributed by atoms with van der Waals surface area (Å²) in [6.45, 7) is 3.99. The Morgan fingerprint density at radius 2 is 2.10 bits per heavy atom. The van der Waals surface area contributed by atoms with Gasteiger partial charge < -0.3 is 5.32 Å². The number of fused-ring (bicyclic) bond motifs is 1. The molecule has 1 aromatic carbocycles. The number of nitrogens with one attached hydrogen (secondary N) is 1. The third-order valence-electron chi connectivity index (χ3n) is 3.50. The normalized spacial score (nSPS) is 12.6. The lowest BCUT2D eigenvalue weighted by Crippen LogP contribution is -2.07. The summed E-state index contributed by atoms with van der Waals surface area (Å²) in [5.74, 6) is -0.259. The van der Waals surface area contributed by atoms with Crippen LogP contribution in [0.1, 0.15) is 24.2 Å². The highest BCUT2D eigenvalue weighted by atomic mass is 19.1. The van der Waals surface area contributed by atoms with Gasteiger partial charge in [0.25, 0.3) is 0 Å². The maximum atomic E-state index is 13.5. The minimum Gasteiger partial charge on any atom is -0.378 e. The van der Waals surface area contributed by atoms with Crippen LogP contribution < -0.4 is 5.32 Å². The van der Waals surface area contributed by atoms with E-state index in [4.69, 9.17) is 0 Å². The van der Waals surface area contributed by atoms with Crippen LogP contribution in [0.5, 0.6) is 0 Å². The van der Waals surface area contributed by atoms with Crippen molar-refractivity contribution in [1.82, 2.24) is 14.8 Å². The van der Waals surface area contributed by atoms with E-state index in [2.05, 4.69) is 22.3 Å². The van der Waals surface area contributed by atoms with Crippen LogP contribution >= 0.6 is 0 Å². The van der Waals surface area contributed by atoms with Crippen LogP contribution in [0.4, 0.5) is 10.1 Å². The molecule has 1 N–H and O–H groups in total. The summed E-state index contributed by atoms with van der Waals surface area (Å²) in [7, 11) is 1.89. The van der Waals surface area contributed by atoms with Gasteiger partial charge in [-0.1, -0.05) is 0 Å². The number of anilines is 1. The van der Waals surface area contributed by atoms with Crippen molar-refractivity contribution in [3.8, 4) is 0 Å². The molecule has 0 fully saturated rings. The Hall–Kier alpha value is -2.43. The van der Waals surface area contributed by atoms with Gasteiger partial charge in [-0.05, 0) is 38.1 Å². The van der Waals surface area contributed by atoms with Crippen molar-refractivity contribution < 1.29 is 4.39 Å². The molecule has 0 bridgehead atoms. The Morgan fingerprint density at radius 3 is 2.81 bits per heavy atom. The predicted octanol–water partition coefficient (Wildman–Crippen LogP) is 3.59. The Morgan fingerprint density at radius 1 is 1.29 bits per heavy atom. The van der Waals surface area contributed by atoms with Crippen molar-refractivity contribution in [1.29, 1.82) is 0 Å². The molecule has 0 aliphatic rings. The molecule has 21 heavy (non-hydrogen) atoms. The molecule has 4 nitrogen and oxygen atoms in total. The van der Waals surface area contributed by atoms with Crippen LogP contribution in [0.3, 0.4) is 0 Å². The Kier molecular flexibility index (Phi) is 3.33. The molecule has 108 valence electrons. The van der Waals surface area contributed by atoms with Gasteiger partial charge in [-0.25, -0.2) is 4.39 Å². The Bertz CT molecular complexity index is 794. The zero-order valence-electron chi connectivity index (χ0n) is 12.3. The second kappa shape index (κ2) is 5.16. The van der Waals surface area contributed by atoms with E-state index in [9.17, 15) is 4.39 Å². The smallest absolute Gasteiger partial charge is 0.124 e. The van der Waals surface area contributed by atoms with Crippen LogP contribution in [0, 0.1) is 12.7 Å². The summed E-state index contributed by atoms with van der Waals surface area (Å²) in [4.78, 5) is 4.44. The number of halogens is 1. The fraction of sp³-hybridized carbons (Fsp3) is 0.250. The van der Waals surface area contributed by atoms with E-state index < -0.39 is 0 Å². The van der Waals surface area contributed by atoms with Gasteiger partial charge in [-0.15, -0.1) is 0 Å². The van der Waals surface area contributed by atoms with E-state index >= 15 is 0 Å². The van der Waals surface area contributed by atoms with E-state index in [1.54, 1.807) is 10.7 Å². The van der Waals surface area contributed by atoms with Crippen molar-refractivity contribution in [3.05, 3.63) is 53.7 Å². The lowest BCUT2D eigenvalue weighted by Gasteiger charge is -2.16. The van der Waals surface area contributed by atoms with Crippen molar-refractivity contribution in [2.75, 3.05) is 5.32 Å². The first-order valence-corrected chi connectivity index (χ1v) is 6.85. The maximum absolute atomic E-state index is 13.5. The molecule has 2 aromatic heterocycles. The minimum atomic E-state index is -0.259. The molecule has 3 aromatic rings. The quantitative estimate of drug-likeness (QED) is 0.799. The maximum Gasteiger partial charge on any atom is 0.124 e. The summed E-state index contributed by atoms with van der Waals surface area (Å²) in [5.41, 5.74) is 3.65. The minimum absolute atomic E-state index is 0.0759. The molecule has 0 saturated heterocycles. The molecule has 0 aliphatic heterocycles. The summed E-state index contributed by atoms with van der Waals surface area (Å²) in [6, 6.07) is 6.67. The fourth-order valence-electron chi connectivity index (χ4n) is 2.43. The first-order chi connectivity index (χ1) is 10.0. The predicted molar refractivity (Wildman–Crippen MR) is 81.7 cm³/mol. The van der Waals surface area contributed by atoms with Gasteiger partial charge in [0.05, 0.1) is 17.8 Å². The highest BCUT2D eigenvalue weighted by Gasteiger charge is 2.11. The average Bonchev–Trinajstić information content (AvgIpc) is 2.86. The third kappa shape index (κ3) is 2.72. The van der Waals surface area contributed by atoms with E-state index in [0.29, 0.717) is 0 Å². The summed E-state index contributed by atoms with van der Waals surface area (Å²) in [6.07, 6.45) is 3.79. The van der Waals surface area contributed by atoms with Crippen molar-refractivity contribution in [2.45, 2.75) is 19.9 Å². The van der Waals surface area contributed by atoms with E-state index in [-0.39, 0.29) is 11.9 Å². The third-order valence-corrected chi connectivity index (χ3v) is 3.50. The summed E-state index contributed by atoms with van der Waals surface area (Å²) >= 11 is 0. The van der Waals surface area contributed by atoms with E-state index in [1.165, 1.54) is 12.1 Å². The largest absolute Gasteiger partial charge is 0.378 e. The van der Waals surface area contributed by atoms with E-state index in [1.807, 2.05) is 32.4 Å². The first kappa shape index (κ1) is 13.5. The highest BCUT2D eigenvalue weighted by molar-refractivity contribution is 5.91. The summed E-state index contributed by atoms with van der Waals surface area (Å²) < 4.78 is 15.3. The first-order valence-electron chi connectivity index (χ1n) is 6.85. The molecule has 1 atom stereocenters. The molecule has 0 amide bonds. The molecule has 0 aliphatic carbocycles. The molecule has 1 unspecified atom stereocenters. The average molecular weight is 284 g/mol. The van der Waals surface area contributed by atoms with Gasteiger partial charge in [-0.3, -0.25) is 9.67 Å². The molecular weight excluding hydrogens is 267 g/mol. The number of aryl methyl sites for hydroxylation is 2. The van der Waals surface area contributed by atoms with Gasteiger partial charge in [0.1, 0.15) is 5.82 Å². The zero-order valence-corrected chi connectivity index (χ0v) is 12.3. The monoisotopic (exact) mass is 284 g/mol. The number of rotatable bonds is 3. The molecule has 2 heterocycles. The Labute approximate surface area is 122 Å². The molecule has 5 heteroatoms. The lowest BCUT2D eigenvalue weighted by molar-refractivity contribution is 0.629. The molecule has 0 radical (unpaired) electrons. The van der Waals surface area contributed by atoms with Crippen LogP contribution in [-0.4, -0.2) is 14.8 Å². The Balaban J connectivity index is 2.01. The van der Waals surface area contributed by atoms with Crippen LogP contribution in [0.25, 0.3) is 10.9 Å². The number of nitrogens with zero attached hydrogens (tertiary/aromatic N) is 3. The molecule has 3 rings (SSSR count). The number of hydrogen-bond donors (Lipinski definition) is 1. The van der Waals surface area contributed by atoms with Crippen molar-refractivity contribution >= 4 is 16.6 Å². The second-order valence-corrected chi connectivity index (χ2v) is 5.29. The second-order valence-electron chi connectivity index (χ2n) is 5.29. The number of pyridine rings is 1. The van der Waals surface area contributed by atoms with E-state index in [0.717, 1.165) is 27.8 Å². The highest BCUT2D eigenvalue weighted by Crippen LogP contribution is 2.27.